The number of anilines is 1. The molecule has 3 aromatic rings. The maximum Gasteiger partial charge on any atom is 0.157 e. The van der Waals surface area contributed by atoms with Crippen molar-refractivity contribution >= 4 is 27.6 Å². The minimum Gasteiger partial charge on any atom is -0.371 e. The van der Waals surface area contributed by atoms with Gasteiger partial charge in [-0.25, -0.2) is 4.39 Å². The SMILES string of the molecule is CNc1nn(C)c2c1cnc1ccc(F)cc12. The number of nitrogens with one attached hydrogen (secondary N) is 1. The zero-order chi connectivity index (χ0) is 12.0. The highest BCUT2D eigenvalue weighted by Gasteiger charge is 2.11. The van der Waals surface area contributed by atoms with E-state index in [1.165, 1.54) is 12.1 Å². The van der Waals surface area contributed by atoms with Gasteiger partial charge in [0.1, 0.15) is 5.82 Å². The van der Waals surface area contributed by atoms with E-state index < -0.39 is 0 Å². The molecule has 0 saturated carbocycles. The van der Waals surface area contributed by atoms with Crippen LogP contribution in [0.15, 0.2) is 24.4 Å². The summed E-state index contributed by atoms with van der Waals surface area (Å²) in [5.41, 5.74) is 1.66. The topological polar surface area (TPSA) is 42.7 Å². The lowest BCUT2D eigenvalue weighted by molar-refractivity contribution is 0.629. The van der Waals surface area contributed by atoms with Gasteiger partial charge in [-0.2, -0.15) is 5.10 Å². The van der Waals surface area contributed by atoms with E-state index in [-0.39, 0.29) is 5.82 Å². The normalized spacial score (nSPS) is 11.2. The van der Waals surface area contributed by atoms with Crippen molar-refractivity contribution < 1.29 is 4.39 Å². The highest BCUT2D eigenvalue weighted by Crippen LogP contribution is 2.28. The molecule has 1 N–H and O–H groups in total. The molecule has 0 fully saturated rings. The van der Waals surface area contributed by atoms with Crippen molar-refractivity contribution in [1.29, 1.82) is 0 Å². The lowest BCUT2D eigenvalue weighted by Gasteiger charge is -2.01. The van der Waals surface area contributed by atoms with E-state index in [2.05, 4.69) is 15.4 Å². The molecule has 4 nitrogen and oxygen atoms in total. The van der Waals surface area contributed by atoms with E-state index >= 15 is 0 Å². The summed E-state index contributed by atoms with van der Waals surface area (Å²) in [4.78, 5) is 4.31. The molecule has 0 spiro atoms. The van der Waals surface area contributed by atoms with Gasteiger partial charge in [0.25, 0.3) is 0 Å². The Kier molecular flexibility index (Phi) is 2.01. The predicted octanol–water partition coefficient (Wildman–Crippen LogP) is 2.30. The molecule has 5 heteroatoms. The molecular weight excluding hydrogens is 219 g/mol. The molecule has 17 heavy (non-hydrogen) atoms. The maximum absolute atomic E-state index is 13.3. The lowest BCUT2D eigenvalue weighted by atomic mass is 10.1. The van der Waals surface area contributed by atoms with Crippen LogP contribution in [0.25, 0.3) is 21.8 Å². The Bertz CT molecular complexity index is 717. The summed E-state index contributed by atoms with van der Waals surface area (Å²) in [6, 6.07) is 4.58. The summed E-state index contributed by atoms with van der Waals surface area (Å²) in [5.74, 6) is 0.486. The molecule has 0 aliphatic carbocycles. The van der Waals surface area contributed by atoms with Gasteiger partial charge in [-0.1, -0.05) is 0 Å². The molecule has 0 amide bonds. The molecule has 0 unspecified atom stereocenters. The van der Waals surface area contributed by atoms with Crippen LogP contribution in [-0.2, 0) is 7.05 Å². The first-order chi connectivity index (χ1) is 8.20. The Balaban J connectivity index is 2.54. The molecule has 3 rings (SSSR count). The van der Waals surface area contributed by atoms with Crippen molar-refractivity contribution in [2.24, 2.45) is 7.05 Å². The Morgan fingerprint density at radius 2 is 2.12 bits per heavy atom. The van der Waals surface area contributed by atoms with Crippen LogP contribution >= 0.6 is 0 Å². The van der Waals surface area contributed by atoms with Gasteiger partial charge in [0.05, 0.1) is 16.4 Å². The second-order valence-corrected chi connectivity index (χ2v) is 3.90. The molecule has 86 valence electrons. The lowest BCUT2D eigenvalue weighted by Crippen LogP contribution is -1.93. The van der Waals surface area contributed by atoms with Gasteiger partial charge in [0.15, 0.2) is 5.82 Å². The Morgan fingerprint density at radius 1 is 1.29 bits per heavy atom. The van der Waals surface area contributed by atoms with Crippen LogP contribution in [-0.4, -0.2) is 21.8 Å². The van der Waals surface area contributed by atoms with Crippen LogP contribution in [0.3, 0.4) is 0 Å². The van der Waals surface area contributed by atoms with Gasteiger partial charge < -0.3 is 5.32 Å². The predicted molar refractivity (Wildman–Crippen MR) is 65.5 cm³/mol. The van der Waals surface area contributed by atoms with Crippen LogP contribution in [0.5, 0.6) is 0 Å². The largest absolute Gasteiger partial charge is 0.371 e. The van der Waals surface area contributed by atoms with Crippen LogP contribution in [0.1, 0.15) is 0 Å². The molecule has 0 saturated heterocycles. The minimum absolute atomic E-state index is 0.265. The van der Waals surface area contributed by atoms with E-state index in [0.29, 0.717) is 0 Å². The standard InChI is InChI=1S/C12H11FN4/c1-14-12-9-6-15-10-4-3-7(13)5-8(10)11(9)17(2)16-12/h3-6H,1-2H3,(H,14,16). The van der Waals surface area contributed by atoms with Crippen LogP contribution in [0.4, 0.5) is 10.2 Å². The number of aryl methyl sites for hydroxylation is 1. The molecule has 0 radical (unpaired) electrons. The van der Waals surface area contributed by atoms with Gasteiger partial charge >= 0.3 is 0 Å². The Hall–Kier alpha value is -2.17. The summed E-state index contributed by atoms with van der Waals surface area (Å²) >= 11 is 0. The number of pyridine rings is 1. The molecule has 0 aliphatic heterocycles. The van der Waals surface area contributed by atoms with Gasteiger partial charge in [0.2, 0.25) is 0 Å². The number of hydrogen-bond donors (Lipinski definition) is 1. The fourth-order valence-electron chi connectivity index (χ4n) is 2.11. The highest BCUT2D eigenvalue weighted by atomic mass is 19.1. The van der Waals surface area contributed by atoms with Crippen LogP contribution in [0, 0.1) is 5.82 Å². The third-order valence-electron chi connectivity index (χ3n) is 2.87. The second kappa shape index (κ2) is 3.41. The van der Waals surface area contributed by atoms with E-state index in [1.54, 1.807) is 24.0 Å². The first kappa shape index (κ1) is 10.0. The Morgan fingerprint density at radius 3 is 2.88 bits per heavy atom. The number of halogens is 1. The molecule has 0 atom stereocenters. The summed E-state index contributed by atoms with van der Waals surface area (Å²) < 4.78 is 15.1. The Labute approximate surface area is 97.1 Å². The van der Waals surface area contributed by atoms with Crippen molar-refractivity contribution in [2.75, 3.05) is 12.4 Å². The molecular formula is C12H11FN4. The molecule has 2 aromatic heterocycles. The van der Waals surface area contributed by atoms with Crippen molar-refractivity contribution in [3.63, 3.8) is 0 Å². The number of benzene rings is 1. The van der Waals surface area contributed by atoms with Crippen molar-refractivity contribution in [1.82, 2.24) is 14.8 Å². The van der Waals surface area contributed by atoms with Crippen LogP contribution < -0.4 is 5.32 Å². The average Bonchev–Trinajstić information content (AvgIpc) is 2.66. The smallest absolute Gasteiger partial charge is 0.157 e. The highest BCUT2D eigenvalue weighted by molar-refractivity contribution is 6.07. The summed E-state index contributed by atoms with van der Waals surface area (Å²) in [5, 5.41) is 9.01. The number of aromatic nitrogens is 3. The second-order valence-electron chi connectivity index (χ2n) is 3.90. The number of fused-ring (bicyclic) bond motifs is 3. The zero-order valence-electron chi connectivity index (χ0n) is 9.53. The van der Waals surface area contributed by atoms with E-state index in [0.717, 1.165) is 27.6 Å². The van der Waals surface area contributed by atoms with Crippen molar-refractivity contribution in [2.45, 2.75) is 0 Å². The summed E-state index contributed by atoms with van der Waals surface area (Å²) in [6.07, 6.45) is 1.76. The summed E-state index contributed by atoms with van der Waals surface area (Å²) in [7, 11) is 3.64. The van der Waals surface area contributed by atoms with Gasteiger partial charge in [-0.05, 0) is 18.2 Å². The van der Waals surface area contributed by atoms with E-state index in [1.807, 2.05) is 7.05 Å². The quantitative estimate of drug-likeness (QED) is 0.697. The first-order valence-electron chi connectivity index (χ1n) is 5.29. The van der Waals surface area contributed by atoms with E-state index in [4.69, 9.17) is 0 Å². The summed E-state index contributed by atoms with van der Waals surface area (Å²) in [6.45, 7) is 0. The zero-order valence-corrected chi connectivity index (χ0v) is 9.53. The number of hydrogen-bond acceptors (Lipinski definition) is 3. The van der Waals surface area contributed by atoms with Crippen molar-refractivity contribution in [3.05, 3.63) is 30.2 Å². The fourth-order valence-corrected chi connectivity index (χ4v) is 2.11. The number of nitrogens with zero attached hydrogens (tertiary/aromatic N) is 3. The monoisotopic (exact) mass is 230 g/mol. The number of rotatable bonds is 1. The third kappa shape index (κ3) is 1.35. The van der Waals surface area contributed by atoms with Gasteiger partial charge in [-0.3, -0.25) is 9.67 Å². The average molecular weight is 230 g/mol. The fraction of sp³-hybridized carbons (Fsp3) is 0.167. The van der Waals surface area contributed by atoms with Crippen molar-refractivity contribution in [3.8, 4) is 0 Å². The van der Waals surface area contributed by atoms with Crippen LogP contribution in [0.2, 0.25) is 0 Å². The van der Waals surface area contributed by atoms with E-state index in [9.17, 15) is 4.39 Å². The molecule has 0 aliphatic rings. The van der Waals surface area contributed by atoms with Gasteiger partial charge in [0, 0.05) is 25.7 Å². The maximum atomic E-state index is 13.3. The molecule has 0 bridgehead atoms. The minimum atomic E-state index is -0.265. The molecule has 2 heterocycles. The first-order valence-corrected chi connectivity index (χ1v) is 5.29. The van der Waals surface area contributed by atoms with Gasteiger partial charge in [-0.15, -0.1) is 0 Å². The third-order valence-corrected chi connectivity index (χ3v) is 2.87. The molecule has 1 aromatic carbocycles.